The monoisotopic (exact) mass is 344 g/mol. The Bertz CT molecular complexity index is 582. The molecule has 1 unspecified atom stereocenters. The molecule has 0 aliphatic heterocycles. The average Bonchev–Trinajstić information content (AvgIpc) is 2.40. The minimum atomic E-state index is -4.30. The summed E-state index contributed by atoms with van der Waals surface area (Å²) in [5.74, 6) is 0. The van der Waals surface area contributed by atoms with Gasteiger partial charge in [0.15, 0.2) is 0 Å². The zero-order valence-corrected chi connectivity index (χ0v) is 12.2. The van der Waals surface area contributed by atoms with Crippen LogP contribution < -0.4 is 5.32 Å². The molecule has 20 heavy (non-hydrogen) atoms. The van der Waals surface area contributed by atoms with Crippen LogP contribution in [0.15, 0.2) is 47.2 Å². The molecule has 1 aromatic heterocycles. The van der Waals surface area contributed by atoms with E-state index in [1.807, 2.05) is 13.0 Å². The van der Waals surface area contributed by atoms with E-state index < -0.39 is 11.7 Å². The van der Waals surface area contributed by atoms with Crippen LogP contribution in [0.1, 0.15) is 24.1 Å². The number of nitrogens with zero attached hydrogens (tertiary/aromatic N) is 1. The Morgan fingerprint density at radius 3 is 2.35 bits per heavy atom. The SMILES string of the molecule is CC(Nc1cccnc1Br)c1ccc(C(F)(F)F)cc1. The van der Waals surface area contributed by atoms with Gasteiger partial charge < -0.3 is 5.32 Å². The molecule has 106 valence electrons. The van der Waals surface area contributed by atoms with Gasteiger partial charge in [-0.2, -0.15) is 13.2 Å². The second-order valence-corrected chi connectivity index (χ2v) is 5.08. The first kappa shape index (κ1) is 14.8. The molecule has 0 bridgehead atoms. The molecule has 1 N–H and O–H groups in total. The van der Waals surface area contributed by atoms with Gasteiger partial charge in [0.05, 0.1) is 11.3 Å². The maximum Gasteiger partial charge on any atom is 0.416 e. The fourth-order valence-electron chi connectivity index (χ4n) is 1.77. The van der Waals surface area contributed by atoms with Gasteiger partial charge in [0.1, 0.15) is 4.60 Å². The van der Waals surface area contributed by atoms with Crippen LogP contribution in [0.25, 0.3) is 0 Å². The lowest BCUT2D eigenvalue weighted by Gasteiger charge is -2.17. The van der Waals surface area contributed by atoms with Crippen molar-refractivity contribution in [3.63, 3.8) is 0 Å². The second-order valence-electron chi connectivity index (χ2n) is 4.33. The minimum absolute atomic E-state index is 0.127. The number of alkyl halides is 3. The first-order valence-electron chi connectivity index (χ1n) is 5.92. The zero-order chi connectivity index (χ0) is 14.8. The van der Waals surface area contributed by atoms with Gasteiger partial charge in [-0.05, 0) is 52.7 Å². The summed E-state index contributed by atoms with van der Waals surface area (Å²) in [6.45, 7) is 1.88. The highest BCUT2D eigenvalue weighted by molar-refractivity contribution is 9.10. The maximum atomic E-state index is 12.5. The third-order valence-corrected chi connectivity index (χ3v) is 3.50. The quantitative estimate of drug-likeness (QED) is 0.789. The van der Waals surface area contributed by atoms with Crippen LogP contribution >= 0.6 is 15.9 Å². The number of pyridine rings is 1. The number of benzene rings is 1. The van der Waals surface area contributed by atoms with Crippen LogP contribution in [0.5, 0.6) is 0 Å². The van der Waals surface area contributed by atoms with E-state index in [9.17, 15) is 13.2 Å². The summed E-state index contributed by atoms with van der Waals surface area (Å²) in [5.41, 5.74) is 0.921. The Hall–Kier alpha value is -1.56. The van der Waals surface area contributed by atoms with E-state index in [0.717, 1.165) is 23.4 Å². The summed E-state index contributed by atoms with van der Waals surface area (Å²) in [4.78, 5) is 4.08. The molecular weight excluding hydrogens is 333 g/mol. The highest BCUT2D eigenvalue weighted by Gasteiger charge is 2.30. The predicted octanol–water partition coefficient (Wildman–Crippen LogP) is 5.04. The summed E-state index contributed by atoms with van der Waals surface area (Å²) in [5, 5.41) is 3.19. The summed E-state index contributed by atoms with van der Waals surface area (Å²) in [6.07, 6.45) is -2.65. The first-order valence-corrected chi connectivity index (χ1v) is 6.71. The summed E-state index contributed by atoms with van der Waals surface area (Å²) < 4.78 is 38.1. The van der Waals surface area contributed by atoms with Crippen LogP contribution in [-0.2, 0) is 6.18 Å². The van der Waals surface area contributed by atoms with Crippen LogP contribution in [0.3, 0.4) is 0 Å². The molecule has 0 amide bonds. The van der Waals surface area contributed by atoms with E-state index in [4.69, 9.17) is 0 Å². The highest BCUT2D eigenvalue weighted by atomic mass is 79.9. The molecule has 0 saturated carbocycles. The summed E-state index contributed by atoms with van der Waals surface area (Å²) in [7, 11) is 0. The fraction of sp³-hybridized carbons (Fsp3) is 0.214. The summed E-state index contributed by atoms with van der Waals surface area (Å²) >= 11 is 3.31. The number of rotatable bonds is 3. The van der Waals surface area contributed by atoms with Gasteiger partial charge in [0.25, 0.3) is 0 Å². The molecule has 0 aliphatic carbocycles. The molecule has 1 heterocycles. The molecule has 2 nitrogen and oxygen atoms in total. The van der Waals surface area contributed by atoms with Crippen molar-refractivity contribution in [3.8, 4) is 0 Å². The van der Waals surface area contributed by atoms with Gasteiger partial charge in [0, 0.05) is 12.2 Å². The summed E-state index contributed by atoms with van der Waals surface area (Å²) in [6, 6.07) is 8.63. The zero-order valence-electron chi connectivity index (χ0n) is 10.6. The second kappa shape index (κ2) is 5.83. The van der Waals surface area contributed by atoms with Crippen molar-refractivity contribution in [2.75, 3.05) is 5.32 Å². The number of halogens is 4. The third-order valence-electron chi connectivity index (χ3n) is 2.87. The van der Waals surface area contributed by atoms with E-state index in [2.05, 4.69) is 26.2 Å². The molecule has 0 spiro atoms. The molecule has 1 atom stereocenters. The van der Waals surface area contributed by atoms with Crippen LogP contribution in [-0.4, -0.2) is 4.98 Å². The van der Waals surface area contributed by atoms with E-state index in [0.29, 0.717) is 4.60 Å². The van der Waals surface area contributed by atoms with E-state index in [1.54, 1.807) is 12.3 Å². The predicted molar refractivity (Wildman–Crippen MR) is 75.4 cm³/mol. The van der Waals surface area contributed by atoms with Gasteiger partial charge in [-0.1, -0.05) is 12.1 Å². The smallest absolute Gasteiger partial charge is 0.376 e. The number of hydrogen-bond donors (Lipinski definition) is 1. The molecule has 0 radical (unpaired) electrons. The van der Waals surface area contributed by atoms with Crippen molar-refractivity contribution >= 4 is 21.6 Å². The lowest BCUT2D eigenvalue weighted by Crippen LogP contribution is -2.09. The topological polar surface area (TPSA) is 24.9 Å². The minimum Gasteiger partial charge on any atom is -0.376 e. The molecule has 0 aliphatic rings. The number of anilines is 1. The van der Waals surface area contributed by atoms with Crippen LogP contribution in [0.2, 0.25) is 0 Å². The van der Waals surface area contributed by atoms with Crippen molar-refractivity contribution in [2.24, 2.45) is 0 Å². The fourth-order valence-corrected chi connectivity index (χ4v) is 2.14. The van der Waals surface area contributed by atoms with Crippen LogP contribution in [0.4, 0.5) is 18.9 Å². The Morgan fingerprint density at radius 2 is 1.80 bits per heavy atom. The van der Waals surface area contributed by atoms with Crippen LogP contribution in [0, 0.1) is 0 Å². The molecular formula is C14H12BrF3N2. The normalized spacial score (nSPS) is 13.1. The van der Waals surface area contributed by atoms with Gasteiger partial charge in [-0.3, -0.25) is 0 Å². The standard InChI is InChI=1S/C14H12BrF3N2/c1-9(20-12-3-2-8-19-13(12)15)10-4-6-11(7-5-10)14(16,17)18/h2-9,20H,1H3. The van der Waals surface area contributed by atoms with Gasteiger partial charge in [-0.15, -0.1) is 0 Å². The van der Waals surface area contributed by atoms with Gasteiger partial charge in [-0.25, -0.2) is 4.98 Å². The molecule has 1 aromatic carbocycles. The molecule has 0 saturated heterocycles. The third kappa shape index (κ3) is 3.50. The number of hydrogen-bond acceptors (Lipinski definition) is 2. The van der Waals surface area contributed by atoms with Crippen molar-refractivity contribution in [3.05, 3.63) is 58.3 Å². The lowest BCUT2D eigenvalue weighted by atomic mass is 10.1. The van der Waals surface area contributed by atoms with Gasteiger partial charge >= 0.3 is 6.18 Å². The first-order chi connectivity index (χ1) is 9.38. The number of nitrogens with one attached hydrogen (secondary N) is 1. The molecule has 2 rings (SSSR count). The van der Waals surface area contributed by atoms with E-state index in [-0.39, 0.29) is 6.04 Å². The largest absolute Gasteiger partial charge is 0.416 e. The molecule has 6 heteroatoms. The van der Waals surface area contributed by atoms with Crippen molar-refractivity contribution in [1.29, 1.82) is 0 Å². The molecule has 0 fully saturated rings. The highest BCUT2D eigenvalue weighted by Crippen LogP contribution is 2.30. The van der Waals surface area contributed by atoms with E-state index >= 15 is 0 Å². The van der Waals surface area contributed by atoms with E-state index in [1.165, 1.54) is 12.1 Å². The van der Waals surface area contributed by atoms with Crippen molar-refractivity contribution < 1.29 is 13.2 Å². The number of aromatic nitrogens is 1. The van der Waals surface area contributed by atoms with Crippen molar-refractivity contribution in [1.82, 2.24) is 4.98 Å². The lowest BCUT2D eigenvalue weighted by molar-refractivity contribution is -0.137. The Kier molecular flexibility index (Phi) is 4.32. The Labute approximate surface area is 123 Å². The van der Waals surface area contributed by atoms with Gasteiger partial charge in [0.2, 0.25) is 0 Å². The Balaban J connectivity index is 2.14. The Morgan fingerprint density at radius 1 is 1.15 bits per heavy atom. The molecule has 2 aromatic rings. The average molecular weight is 345 g/mol. The van der Waals surface area contributed by atoms with Crippen molar-refractivity contribution in [2.45, 2.75) is 19.1 Å². The maximum absolute atomic E-state index is 12.5.